The lowest BCUT2D eigenvalue weighted by Crippen LogP contribution is -2.19. The number of halogens is 2. The van der Waals surface area contributed by atoms with E-state index in [-0.39, 0.29) is 11.5 Å². The lowest BCUT2D eigenvalue weighted by Gasteiger charge is -2.22. The highest BCUT2D eigenvalue weighted by atomic mass is 127. The Morgan fingerprint density at radius 1 is 1.35 bits per heavy atom. The van der Waals surface area contributed by atoms with Gasteiger partial charge in [-0.05, 0) is 36.4 Å². The van der Waals surface area contributed by atoms with Gasteiger partial charge in [-0.3, -0.25) is 0 Å². The summed E-state index contributed by atoms with van der Waals surface area (Å²) in [4.78, 5) is 8.88. The van der Waals surface area contributed by atoms with Crippen molar-refractivity contribution in [3.63, 3.8) is 0 Å². The van der Waals surface area contributed by atoms with Crippen LogP contribution in [0.5, 0.6) is 0 Å². The van der Waals surface area contributed by atoms with Gasteiger partial charge in [-0.15, -0.1) is 0 Å². The van der Waals surface area contributed by atoms with Crippen molar-refractivity contribution in [2.24, 2.45) is 0 Å². The van der Waals surface area contributed by atoms with Crippen molar-refractivity contribution in [3.05, 3.63) is 20.2 Å². The van der Waals surface area contributed by atoms with E-state index in [1.54, 1.807) is 0 Å². The van der Waals surface area contributed by atoms with E-state index in [0.717, 1.165) is 9.26 Å². The van der Waals surface area contributed by atoms with Gasteiger partial charge in [0.1, 0.15) is 11.3 Å². The van der Waals surface area contributed by atoms with Crippen LogP contribution in [0.1, 0.15) is 52.2 Å². The van der Waals surface area contributed by atoms with Gasteiger partial charge in [-0.25, -0.2) is 9.97 Å². The standard InChI is InChI=1S/C12H18ClIN2O/c1-6-17-7(2)11-15-9(12(3,4)5)8(14)10(13)16-11/h7H,6H2,1-5H3. The van der Waals surface area contributed by atoms with Crippen LogP contribution in [0.4, 0.5) is 0 Å². The molecule has 0 N–H and O–H groups in total. The Bertz CT molecular complexity index is 404. The molecule has 1 aromatic heterocycles. The minimum Gasteiger partial charge on any atom is -0.371 e. The third-order valence-corrected chi connectivity index (χ3v) is 3.93. The summed E-state index contributed by atoms with van der Waals surface area (Å²) in [5.74, 6) is 0.655. The van der Waals surface area contributed by atoms with Crippen molar-refractivity contribution in [1.82, 2.24) is 9.97 Å². The van der Waals surface area contributed by atoms with Gasteiger partial charge in [-0.2, -0.15) is 0 Å². The van der Waals surface area contributed by atoms with Gasteiger partial charge in [0.15, 0.2) is 5.82 Å². The molecule has 0 aliphatic heterocycles. The van der Waals surface area contributed by atoms with Crippen LogP contribution in [-0.2, 0) is 10.2 Å². The number of ether oxygens (including phenoxy) is 1. The zero-order chi connectivity index (χ0) is 13.2. The zero-order valence-corrected chi connectivity index (χ0v) is 13.8. The van der Waals surface area contributed by atoms with Crippen LogP contribution in [0.3, 0.4) is 0 Å². The smallest absolute Gasteiger partial charge is 0.158 e. The summed E-state index contributed by atoms with van der Waals surface area (Å²) in [7, 11) is 0. The van der Waals surface area contributed by atoms with Crippen LogP contribution >= 0.6 is 34.2 Å². The fraction of sp³-hybridized carbons (Fsp3) is 0.667. The highest BCUT2D eigenvalue weighted by Gasteiger charge is 2.24. The molecule has 17 heavy (non-hydrogen) atoms. The monoisotopic (exact) mass is 368 g/mol. The quantitative estimate of drug-likeness (QED) is 0.594. The maximum atomic E-state index is 6.16. The van der Waals surface area contributed by atoms with E-state index in [1.807, 2.05) is 13.8 Å². The van der Waals surface area contributed by atoms with Crippen LogP contribution in [0, 0.1) is 3.57 Å². The fourth-order valence-corrected chi connectivity index (χ4v) is 2.67. The molecule has 1 heterocycles. The topological polar surface area (TPSA) is 35.0 Å². The van der Waals surface area contributed by atoms with Gasteiger partial charge in [-0.1, -0.05) is 32.4 Å². The van der Waals surface area contributed by atoms with Crippen LogP contribution < -0.4 is 0 Å². The molecule has 1 atom stereocenters. The molecule has 0 saturated heterocycles. The summed E-state index contributed by atoms with van der Waals surface area (Å²) in [6.45, 7) is 10.9. The number of nitrogens with zero attached hydrogens (tertiary/aromatic N) is 2. The van der Waals surface area contributed by atoms with Crippen molar-refractivity contribution in [3.8, 4) is 0 Å². The number of rotatable bonds is 3. The van der Waals surface area contributed by atoms with E-state index < -0.39 is 0 Å². The SMILES string of the molecule is CCOC(C)c1nc(Cl)c(I)c(C(C)(C)C)n1. The highest BCUT2D eigenvalue weighted by molar-refractivity contribution is 14.1. The lowest BCUT2D eigenvalue weighted by molar-refractivity contribution is 0.0697. The van der Waals surface area contributed by atoms with E-state index in [2.05, 4.69) is 53.3 Å². The lowest BCUT2D eigenvalue weighted by atomic mass is 9.92. The average Bonchev–Trinajstić information content (AvgIpc) is 2.20. The molecule has 0 saturated carbocycles. The first kappa shape index (κ1) is 15.1. The summed E-state index contributed by atoms with van der Waals surface area (Å²) in [5, 5.41) is 0.507. The van der Waals surface area contributed by atoms with Crippen LogP contribution in [-0.4, -0.2) is 16.6 Å². The normalized spacial score (nSPS) is 13.8. The summed E-state index contributed by atoms with van der Waals surface area (Å²) in [6, 6.07) is 0. The van der Waals surface area contributed by atoms with Crippen molar-refractivity contribution < 1.29 is 4.74 Å². The minimum atomic E-state index is -0.129. The first-order chi connectivity index (χ1) is 7.77. The summed E-state index contributed by atoms with van der Waals surface area (Å²) >= 11 is 8.35. The number of hydrogen-bond acceptors (Lipinski definition) is 3. The van der Waals surface area contributed by atoms with Gasteiger partial charge >= 0.3 is 0 Å². The molecular weight excluding hydrogens is 351 g/mol. The molecule has 1 rings (SSSR count). The second-order valence-corrected chi connectivity index (χ2v) is 6.32. The Morgan fingerprint density at radius 2 is 1.94 bits per heavy atom. The Balaban J connectivity index is 3.24. The molecule has 3 nitrogen and oxygen atoms in total. The van der Waals surface area contributed by atoms with Crippen LogP contribution in [0.25, 0.3) is 0 Å². The minimum absolute atomic E-state index is 0.0518. The molecule has 0 fully saturated rings. The second-order valence-electron chi connectivity index (χ2n) is 4.88. The molecule has 0 aromatic carbocycles. The molecule has 0 bridgehead atoms. The molecule has 1 aromatic rings. The summed E-state index contributed by atoms with van der Waals surface area (Å²) in [5.41, 5.74) is 0.920. The first-order valence-electron chi connectivity index (χ1n) is 5.62. The Labute approximate surface area is 121 Å². The van der Waals surface area contributed by atoms with E-state index in [1.165, 1.54) is 0 Å². The summed E-state index contributed by atoms with van der Waals surface area (Å²) in [6.07, 6.45) is -0.129. The van der Waals surface area contributed by atoms with Crippen LogP contribution in [0.2, 0.25) is 5.15 Å². The molecule has 0 spiro atoms. The molecule has 96 valence electrons. The maximum Gasteiger partial charge on any atom is 0.158 e. The summed E-state index contributed by atoms with van der Waals surface area (Å²) < 4.78 is 6.42. The van der Waals surface area contributed by atoms with E-state index in [0.29, 0.717) is 17.6 Å². The Morgan fingerprint density at radius 3 is 2.41 bits per heavy atom. The maximum absolute atomic E-state index is 6.16. The predicted molar refractivity (Wildman–Crippen MR) is 78.5 cm³/mol. The molecule has 5 heteroatoms. The van der Waals surface area contributed by atoms with Crippen molar-refractivity contribution in [2.45, 2.75) is 46.1 Å². The molecular formula is C12H18ClIN2O. The molecule has 0 aliphatic rings. The molecule has 1 unspecified atom stereocenters. The molecule has 0 amide bonds. The van der Waals surface area contributed by atoms with Crippen molar-refractivity contribution >= 4 is 34.2 Å². The van der Waals surface area contributed by atoms with Crippen molar-refractivity contribution in [2.75, 3.05) is 6.61 Å². The largest absolute Gasteiger partial charge is 0.371 e. The predicted octanol–water partition coefficient (Wildman–Crippen LogP) is 4.13. The Hall–Kier alpha value is 0.0600. The fourth-order valence-electron chi connectivity index (χ4n) is 1.44. The average molecular weight is 369 g/mol. The number of hydrogen-bond donors (Lipinski definition) is 0. The Kier molecular flexibility index (Phi) is 5.16. The zero-order valence-electron chi connectivity index (χ0n) is 10.8. The third kappa shape index (κ3) is 3.76. The van der Waals surface area contributed by atoms with Crippen LogP contribution in [0.15, 0.2) is 0 Å². The van der Waals surface area contributed by atoms with Crippen molar-refractivity contribution in [1.29, 1.82) is 0 Å². The van der Waals surface area contributed by atoms with Gasteiger partial charge in [0.05, 0.1) is 9.26 Å². The molecule has 0 aliphatic carbocycles. The third-order valence-electron chi connectivity index (χ3n) is 2.32. The molecule has 0 radical (unpaired) electrons. The van der Waals surface area contributed by atoms with E-state index >= 15 is 0 Å². The van der Waals surface area contributed by atoms with E-state index in [4.69, 9.17) is 16.3 Å². The van der Waals surface area contributed by atoms with Gasteiger partial charge in [0.25, 0.3) is 0 Å². The second kappa shape index (κ2) is 5.80. The first-order valence-corrected chi connectivity index (χ1v) is 7.08. The van der Waals surface area contributed by atoms with Gasteiger partial charge < -0.3 is 4.74 Å². The highest BCUT2D eigenvalue weighted by Crippen LogP contribution is 2.30. The van der Waals surface area contributed by atoms with Gasteiger partial charge in [0, 0.05) is 12.0 Å². The number of aromatic nitrogens is 2. The van der Waals surface area contributed by atoms with Gasteiger partial charge in [0.2, 0.25) is 0 Å². The van der Waals surface area contributed by atoms with E-state index in [9.17, 15) is 0 Å².